The Hall–Kier alpha value is -1.38. The fourth-order valence-corrected chi connectivity index (χ4v) is 3.13. The summed E-state index contributed by atoms with van der Waals surface area (Å²) in [6.45, 7) is 2.49. The summed E-state index contributed by atoms with van der Waals surface area (Å²) in [5, 5.41) is 1.25. The van der Waals surface area contributed by atoms with Gasteiger partial charge in [-0.25, -0.2) is 17.8 Å². The van der Waals surface area contributed by atoms with Gasteiger partial charge in [0, 0.05) is 26.7 Å². The SMILES string of the molecule is Cc1oc(C(=O)N2CCCCCO2)cc1S(=O)(=O)N(C)C. The van der Waals surface area contributed by atoms with Crippen LogP contribution in [0.4, 0.5) is 0 Å². The Morgan fingerprint density at radius 1 is 1.29 bits per heavy atom. The Kier molecular flexibility index (Phi) is 4.70. The molecule has 0 aromatic carbocycles. The fraction of sp³-hybridized carbons (Fsp3) is 0.615. The van der Waals surface area contributed by atoms with Crippen molar-refractivity contribution >= 4 is 15.9 Å². The van der Waals surface area contributed by atoms with E-state index in [1.165, 1.54) is 32.1 Å². The second kappa shape index (κ2) is 6.17. The van der Waals surface area contributed by atoms with Gasteiger partial charge in [0.2, 0.25) is 10.0 Å². The highest BCUT2D eigenvalue weighted by molar-refractivity contribution is 7.89. The van der Waals surface area contributed by atoms with Crippen molar-refractivity contribution in [2.45, 2.75) is 31.1 Å². The number of hydroxylamine groups is 2. The smallest absolute Gasteiger partial charge is 0.313 e. The molecule has 8 heteroatoms. The lowest BCUT2D eigenvalue weighted by Crippen LogP contribution is -2.31. The molecule has 7 nitrogen and oxygen atoms in total. The van der Waals surface area contributed by atoms with Crippen LogP contribution < -0.4 is 0 Å². The lowest BCUT2D eigenvalue weighted by molar-refractivity contribution is -0.117. The molecule has 2 rings (SSSR count). The molecule has 1 amide bonds. The number of carbonyl (C=O) groups is 1. The molecule has 0 N–H and O–H groups in total. The third kappa shape index (κ3) is 3.28. The molecule has 1 fully saturated rings. The van der Waals surface area contributed by atoms with E-state index in [0.29, 0.717) is 13.2 Å². The van der Waals surface area contributed by atoms with E-state index >= 15 is 0 Å². The molecular formula is C13H20N2O5S. The van der Waals surface area contributed by atoms with Gasteiger partial charge >= 0.3 is 5.91 Å². The van der Waals surface area contributed by atoms with Gasteiger partial charge in [0.25, 0.3) is 0 Å². The lowest BCUT2D eigenvalue weighted by atomic mass is 10.2. The third-order valence-corrected chi connectivity index (χ3v) is 5.24. The van der Waals surface area contributed by atoms with E-state index in [1.54, 1.807) is 0 Å². The first kappa shape index (κ1) is 16.0. The Morgan fingerprint density at radius 3 is 2.67 bits per heavy atom. The van der Waals surface area contributed by atoms with Crippen LogP contribution in [0.2, 0.25) is 0 Å². The molecule has 0 bridgehead atoms. The van der Waals surface area contributed by atoms with E-state index in [9.17, 15) is 13.2 Å². The van der Waals surface area contributed by atoms with Crippen molar-refractivity contribution < 1.29 is 22.5 Å². The van der Waals surface area contributed by atoms with Gasteiger partial charge in [0.15, 0.2) is 5.76 Å². The zero-order chi connectivity index (χ0) is 15.6. The van der Waals surface area contributed by atoms with Crippen LogP contribution in [0.3, 0.4) is 0 Å². The molecule has 1 aliphatic heterocycles. The van der Waals surface area contributed by atoms with Crippen LogP contribution >= 0.6 is 0 Å². The van der Waals surface area contributed by atoms with E-state index in [-0.39, 0.29) is 16.4 Å². The Labute approximate surface area is 124 Å². The van der Waals surface area contributed by atoms with Crippen molar-refractivity contribution in [1.29, 1.82) is 0 Å². The average Bonchev–Trinajstić information content (AvgIpc) is 2.64. The molecule has 0 spiro atoms. The average molecular weight is 316 g/mol. The van der Waals surface area contributed by atoms with Gasteiger partial charge in [0.1, 0.15) is 10.7 Å². The maximum atomic E-state index is 12.3. The minimum absolute atomic E-state index is 0.00525. The summed E-state index contributed by atoms with van der Waals surface area (Å²) in [6, 6.07) is 1.27. The molecule has 1 aromatic heterocycles. The summed E-state index contributed by atoms with van der Waals surface area (Å²) in [4.78, 5) is 17.7. The molecular weight excluding hydrogens is 296 g/mol. The predicted octanol–water partition coefficient (Wildman–Crippen LogP) is 1.40. The van der Waals surface area contributed by atoms with Crippen LogP contribution in [0.1, 0.15) is 35.6 Å². The summed E-state index contributed by atoms with van der Waals surface area (Å²) in [5.74, 6) is -0.267. The lowest BCUT2D eigenvalue weighted by Gasteiger charge is -2.17. The molecule has 0 atom stereocenters. The number of hydrogen-bond donors (Lipinski definition) is 0. The maximum absolute atomic E-state index is 12.3. The van der Waals surface area contributed by atoms with Crippen LogP contribution in [-0.4, -0.2) is 50.9 Å². The van der Waals surface area contributed by atoms with Crippen LogP contribution in [0.5, 0.6) is 0 Å². The zero-order valence-corrected chi connectivity index (χ0v) is 13.3. The normalized spacial score (nSPS) is 17.0. The topological polar surface area (TPSA) is 80.1 Å². The highest BCUT2D eigenvalue weighted by atomic mass is 32.2. The first-order valence-corrected chi connectivity index (χ1v) is 8.26. The molecule has 0 unspecified atom stereocenters. The van der Waals surface area contributed by atoms with Crippen LogP contribution in [0.15, 0.2) is 15.4 Å². The van der Waals surface area contributed by atoms with Crippen molar-refractivity contribution in [1.82, 2.24) is 9.37 Å². The van der Waals surface area contributed by atoms with E-state index in [4.69, 9.17) is 9.25 Å². The highest BCUT2D eigenvalue weighted by Crippen LogP contribution is 2.24. The summed E-state index contributed by atoms with van der Waals surface area (Å²) in [6.07, 6.45) is 2.76. The molecule has 2 heterocycles. The molecule has 21 heavy (non-hydrogen) atoms. The summed E-state index contributed by atoms with van der Waals surface area (Å²) >= 11 is 0. The van der Waals surface area contributed by atoms with Crippen LogP contribution in [0.25, 0.3) is 0 Å². The number of hydrogen-bond acceptors (Lipinski definition) is 5. The fourth-order valence-electron chi connectivity index (χ4n) is 2.08. The quantitative estimate of drug-likeness (QED) is 0.842. The van der Waals surface area contributed by atoms with Gasteiger partial charge in [0.05, 0.1) is 6.61 Å². The van der Waals surface area contributed by atoms with Gasteiger partial charge in [-0.3, -0.25) is 9.63 Å². The largest absolute Gasteiger partial charge is 0.455 e. The van der Waals surface area contributed by atoms with Gasteiger partial charge in [-0.2, -0.15) is 0 Å². The Balaban J connectivity index is 2.28. The number of sulfonamides is 1. The zero-order valence-electron chi connectivity index (χ0n) is 12.5. The Morgan fingerprint density at radius 2 is 2.00 bits per heavy atom. The molecule has 118 valence electrons. The first-order chi connectivity index (χ1) is 9.84. The minimum Gasteiger partial charge on any atom is -0.455 e. The van der Waals surface area contributed by atoms with Crippen LogP contribution in [-0.2, 0) is 14.9 Å². The van der Waals surface area contributed by atoms with E-state index < -0.39 is 15.9 Å². The van der Waals surface area contributed by atoms with E-state index in [1.807, 2.05) is 0 Å². The van der Waals surface area contributed by atoms with E-state index in [2.05, 4.69) is 0 Å². The second-order valence-electron chi connectivity index (χ2n) is 5.12. The number of amides is 1. The molecule has 0 saturated carbocycles. The number of carbonyl (C=O) groups excluding carboxylic acids is 1. The van der Waals surface area contributed by atoms with Gasteiger partial charge in [-0.1, -0.05) is 0 Å². The number of nitrogens with zero attached hydrogens (tertiary/aromatic N) is 2. The molecule has 1 aliphatic rings. The predicted molar refractivity (Wildman–Crippen MR) is 75.2 cm³/mol. The maximum Gasteiger partial charge on any atom is 0.313 e. The number of aryl methyl sites for hydroxylation is 1. The van der Waals surface area contributed by atoms with Crippen molar-refractivity contribution in [2.75, 3.05) is 27.2 Å². The standard InChI is InChI=1S/C13H20N2O5S/c1-10-12(21(17,18)14(2)3)9-11(20-10)13(16)15-7-5-4-6-8-19-15/h9H,4-8H2,1-3H3. The molecule has 0 aliphatic carbocycles. The molecule has 1 aromatic rings. The highest BCUT2D eigenvalue weighted by Gasteiger charge is 2.28. The second-order valence-corrected chi connectivity index (χ2v) is 7.24. The first-order valence-electron chi connectivity index (χ1n) is 6.82. The monoisotopic (exact) mass is 316 g/mol. The van der Waals surface area contributed by atoms with Gasteiger partial charge in [-0.05, 0) is 26.2 Å². The van der Waals surface area contributed by atoms with Gasteiger partial charge in [-0.15, -0.1) is 0 Å². The summed E-state index contributed by atoms with van der Waals surface area (Å²) < 4.78 is 30.7. The summed E-state index contributed by atoms with van der Waals surface area (Å²) in [5.41, 5.74) is 0. The molecule has 0 radical (unpaired) electrons. The summed E-state index contributed by atoms with van der Waals surface area (Å²) in [7, 11) is -0.767. The molecule has 1 saturated heterocycles. The number of furan rings is 1. The van der Waals surface area contributed by atoms with Gasteiger partial charge < -0.3 is 4.42 Å². The van der Waals surface area contributed by atoms with Crippen molar-refractivity contribution in [3.63, 3.8) is 0 Å². The third-order valence-electron chi connectivity index (χ3n) is 3.32. The van der Waals surface area contributed by atoms with Crippen molar-refractivity contribution in [3.05, 3.63) is 17.6 Å². The van der Waals surface area contributed by atoms with Crippen molar-refractivity contribution in [3.8, 4) is 0 Å². The Bertz CT molecular complexity index is 613. The number of rotatable bonds is 3. The minimum atomic E-state index is -3.63. The van der Waals surface area contributed by atoms with Crippen LogP contribution in [0, 0.1) is 6.92 Å². The van der Waals surface area contributed by atoms with Crippen molar-refractivity contribution in [2.24, 2.45) is 0 Å². The van der Waals surface area contributed by atoms with E-state index in [0.717, 1.165) is 23.6 Å².